The number of anilines is 1. The Labute approximate surface area is 167 Å². The van der Waals surface area contributed by atoms with Crippen LogP contribution in [-0.2, 0) is 15.8 Å². The molecule has 1 aromatic carbocycles. The first-order valence-corrected chi connectivity index (χ1v) is 9.21. The fraction of sp³-hybridized carbons (Fsp3) is 0.556. The Hall–Kier alpha value is -1.84. The Balaban J connectivity index is 1.97. The summed E-state index contributed by atoms with van der Waals surface area (Å²) in [5.74, 6) is -0.521. The highest BCUT2D eigenvalue weighted by atomic mass is 35.5. The summed E-state index contributed by atoms with van der Waals surface area (Å²) in [6.07, 6.45) is -4.62. The minimum Gasteiger partial charge on any atom is -0.348 e. The predicted octanol–water partition coefficient (Wildman–Crippen LogP) is 2.39. The normalized spacial score (nSPS) is 17.2. The van der Waals surface area contributed by atoms with Crippen LogP contribution < -0.4 is 5.32 Å². The van der Waals surface area contributed by atoms with Crippen molar-refractivity contribution in [1.82, 2.24) is 14.7 Å². The second-order valence-electron chi connectivity index (χ2n) is 6.95. The lowest BCUT2D eigenvalue weighted by atomic mass is 10.1. The molecule has 0 aromatic heterocycles. The van der Waals surface area contributed by atoms with E-state index in [-0.39, 0.29) is 16.6 Å². The quantitative estimate of drug-likeness (QED) is 0.794. The molecular formula is C18H24ClF3N4O2. The molecule has 10 heteroatoms. The maximum atomic E-state index is 13.2. The van der Waals surface area contributed by atoms with Crippen molar-refractivity contribution < 1.29 is 22.8 Å². The van der Waals surface area contributed by atoms with Gasteiger partial charge in [0.1, 0.15) is 0 Å². The molecule has 0 bridgehead atoms. The number of rotatable bonds is 5. The number of likely N-dealkylation sites (N-methyl/N-ethyl adjacent to an activating group) is 1. The Morgan fingerprint density at radius 1 is 1.21 bits per heavy atom. The third-order valence-electron chi connectivity index (χ3n) is 4.74. The van der Waals surface area contributed by atoms with Gasteiger partial charge >= 0.3 is 6.18 Å². The van der Waals surface area contributed by atoms with Gasteiger partial charge in [-0.15, -0.1) is 0 Å². The number of hydrogen-bond donors (Lipinski definition) is 1. The monoisotopic (exact) mass is 420 g/mol. The van der Waals surface area contributed by atoms with E-state index >= 15 is 0 Å². The summed E-state index contributed by atoms with van der Waals surface area (Å²) in [5, 5.41) is 2.31. The summed E-state index contributed by atoms with van der Waals surface area (Å²) in [7, 11) is 3.38. The van der Waals surface area contributed by atoms with E-state index in [9.17, 15) is 22.8 Å². The van der Waals surface area contributed by atoms with E-state index in [0.717, 1.165) is 12.1 Å². The summed E-state index contributed by atoms with van der Waals surface area (Å²) in [6.45, 7) is 4.25. The molecule has 0 saturated carbocycles. The number of alkyl halides is 3. The van der Waals surface area contributed by atoms with Crippen LogP contribution in [-0.4, -0.2) is 79.4 Å². The zero-order valence-electron chi connectivity index (χ0n) is 16.0. The lowest BCUT2D eigenvalue weighted by molar-refractivity contribution is -0.137. The molecule has 28 heavy (non-hydrogen) atoms. The molecule has 6 nitrogen and oxygen atoms in total. The van der Waals surface area contributed by atoms with E-state index in [1.165, 1.54) is 11.0 Å². The summed E-state index contributed by atoms with van der Waals surface area (Å²) in [5.41, 5.74) is -1.29. The third-order valence-corrected chi connectivity index (χ3v) is 4.97. The summed E-state index contributed by atoms with van der Waals surface area (Å²) in [6, 6.07) is 2.64. The molecular weight excluding hydrogens is 397 g/mol. The molecule has 0 spiro atoms. The van der Waals surface area contributed by atoms with E-state index in [2.05, 4.69) is 5.32 Å². The van der Waals surface area contributed by atoms with Crippen LogP contribution in [0.1, 0.15) is 12.5 Å². The van der Waals surface area contributed by atoms with Gasteiger partial charge in [0, 0.05) is 45.3 Å². The molecule has 1 fully saturated rings. The molecule has 0 radical (unpaired) electrons. The van der Waals surface area contributed by atoms with Gasteiger partial charge in [0.25, 0.3) is 0 Å². The average Bonchev–Trinajstić information content (AvgIpc) is 2.62. The Kier molecular flexibility index (Phi) is 7.30. The predicted molar refractivity (Wildman–Crippen MR) is 101 cm³/mol. The van der Waals surface area contributed by atoms with Gasteiger partial charge in [-0.3, -0.25) is 19.4 Å². The minimum absolute atomic E-state index is 0.00154. The van der Waals surface area contributed by atoms with Gasteiger partial charge in [-0.2, -0.15) is 13.2 Å². The molecule has 1 aliphatic rings. The fourth-order valence-corrected chi connectivity index (χ4v) is 3.08. The number of piperazine rings is 1. The van der Waals surface area contributed by atoms with Crippen LogP contribution in [0.15, 0.2) is 18.2 Å². The minimum atomic E-state index is -4.62. The zero-order chi connectivity index (χ0) is 21.1. The van der Waals surface area contributed by atoms with Crippen molar-refractivity contribution in [3.63, 3.8) is 0 Å². The number of carbonyl (C=O) groups excluding carboxylic acids is 2. The van der Waals surface area contributed by atoms with Crippen LogP contribution in [0, 0.1) is 0 Å². The van der Waals surface area contributed by atoms with Gasteiger partial charge in [-0.1, -0.05) is 11.6 Å². The zero-order valence-corrected chi connectivity index (χ0v) is 16.8. The highest BCUT2D eigenvalue weighted by molar-refractivity contribution is 6.30. The highest BCUT2D eigenvalue weighted by Crippen LogP contribution is 2.36. The first kappa shape index (κ1) is 22.4. The molecule has 0 aliphatic carbocycles. The van der Waals surface area contributed by atoms with Crippen molar-refractivity contribution in [2.45, 2.75) is 19.1 Å². The second kappa shape index (κ2) is 9.11. The number of nitrogens with zero attached hydrogens (tertiary/aromatic N) is 3. The molecule has 2 rings (SSSR count). The van der Waals surface area contributed by atoms with Crippen molar-refractivity contribution in [3.8, 4) is 0 Å². The average molecular weight is 421 g/mol. The largest absolute Gasteiger partial charge is 0.418 e. The fourth-order valence-electron chi connectivity index (χ4n) is 2.90. The van der Waals surface area contributed by atoms with Gasteiger partial charge in [0.15, 0.2) is 0 Å². The van der Waals surface area contributed by atoms with Crippen molar-refractivity contribution in [1.29, 1.82) is 0 Å². The van der Waals surface area contributed by atoms with E-state index in [0.29, 0.717) is 32.7 Å². The van der Waals surface area contributed by atoms with E-state index in [4.69, 9.17) is 11.6 Å². The first-order chi connectivity index (χ1) is 13.0. The number of amides is 2. The molecule has 156 valence electrons. The van der Waals surface area contributed by atoms with Crippen molar-refractivity contribution in [2.24, 2.45) is 0 Å². The molecule has 1 heterocycles. The number of hydrogen-bond acceptors (Lipinski definition) is 4. The van der Waals surface area contributed by atoms with Gasteiger partial charge in [0.05, 0.1) is 23.8 Å². The maximum Gasteiger partial charge on any atom is 0.418 e. The van der Waals surface area contributed by atoms with Crippen LogP contribution in [0.3, 0.4) is 0 Å². The van der Waals surface area contributed by atoms with Crippen LogP contribution in [0.5, 0.6) is 0 Å². The number of halogens is 4. The van der Waals surface area contributed by atoms with Crippen LogP contribution in [0.25, 0.3) is 0 Å². The number of nitrogens with one attached hydrogen (secondary N) is 1. The molecule has 0 unspecified atom stereocenters. The van der Waals surface area contributed by atoms with Gasteiger partial charge < -0.3 is 10.2 Å². The lowest BCUT2D eigenvalue weighted by Crippen LogP contribution is -2.54. The van der Waals surface area contributed by atoms with Crippen molar-refractivity contribution >= 4 is 29.1 Å². The van der Waals surface area contributed by atoms with Crippen LogP contribution >= 0.6 is 11.6 Å². The molecule has 1 aliphatic heterocycles. The SMILES string of the molecule is C[C@H](C(=O)Nc1ccc(Cl)cc1C(F)(F)F)N1CCN(CC(=O)N(C)C)CC1. The van der Waals surface area contributed by atoms with E-state index < -0.39 is 23.7 Å². The smallest absolute Gasteiger partial charge is 0.348 e. The van der Waals surface area contributed by atoms with E-state index in [1.807, 2.05) is 9.80 Å². The van der Waals surface area contributed by atoms with Gasteiger partial charge in [-0.05, 0) is 25.1 Å². The lowest BCUT2D eigenvalue weighted by Gasteiger charge is -2.37. The maximum absolute atomic E-state index is 13.2. The molecule has 1 aromatic rings. The van der Waals surface area contributed by atoms with Gasteiger partial charge in [0.2, 0.25) is 11.8 Å². The number of carbonyl (C=O) groups is 2. The number of benzene rings is 1. The topological polar surface area (TPSA) is 55.9 Å². The first-order valence-electron chi connectivity index (χ1n) is 8.83. The second-order valence-corrected chi connectivity index (χ2v) is 7.39. The van der Waals surface area contributed by atoms with Crippen molar-refractivity contribution in [3.05, 3.63) is 28.8 Å². The Morgan fingerprint density at radius 2 is 1.82 bits per heavy atom. The molecule has 2 amide bonds. The van der Waals surface area contributed by atoms with Crippen LogP contribution in [0.4, 0.5) is 18.9 Å². The molecule has 1 atom stereocenters. The van der Waals surface area contributed by atoms with E-state index in [1.54, 1.807) is 21.0 Å². The Morgan fingerprint density at radius 3 is 2.36 bits per heavy atom. The standard InChI is InChI=1S/C18H24ClF3N4O2/c1-12(26-8-6-25(7-9-26)11-16(27)24(2)3)17(28)23-15-5-4-13(19)10-14(15)18(20,21)22/h4-5,10,12H,6-9,11H2,1-3H3,(H,23,28)/t12-/m1/s1. The summed E-state index contributed by atoms with van der Waals surface area (Å²) >= 11 is 5.66. The highest BCUT2D eigenvalue weighted by Gasteiger charge is 2.35. The van der Waals surface area contributed by atoms with Gasteiger partial charge in [-0.25, -0.2) is 0 Å². The summed E-state index contributed by atoms with van der Waals surface area (Å²) < 4.78 is 39.5. The molecule has 1 N–H and O–H groups in total. The van der Waals surface area contributed by atoms with Crippen LogP contribution in [0.2, 0.25) is 5.02 Å². The Bertz CT molecular complexity index is 719. The molecule has 1 saturated heterocycles. The third kappa shape index (κ3) is 5.83. The summed E-state index contributed by atoms with van der Waals surface area (Å²) in [4.78, 5) is 29.7. The van der Waals surface area contributed by atoms with Crippen molar-refractivity contribution in [2.75, 3.05) is 52.1 Å².